The molecule has 6 nitrogen and oxygen atoms in total. The van der Waals surface area contributed by atoms with Crippen LogP contribution in [0, 0.1) is 6.92 Å². The van der Waals surface area contributed by atoms with Gasteiger partial charge in [0.2, 0.25) is 5.91 Å². The Kier molecular flexibility index (Phi) is 6.16. The lowest BCUT2D eigenvalue weighted by Crippen LogP contribution is -2.37. The van der Waals surface area contributed by atoms with Crippen LogP contribution in [0.1, 0.15) is 41.6 Å². The van der Waals surface area contributed by atoms with Crippen LogP contribution in [0.3, 0.4) is 0 Å². The van der Waals surface area contributed by atoms with E-state index >= 15 is 0 Å². The zero-order valence-electron chi connectivity index (χ0n) is 17.6. The van der Waals surface area contributed by atoms with Crippen molar-refractivity contribution < 1.29 is 14.0 Å². The van der Waals surface area contributed by atoms with E-state index in [0.29, 0.717) is 16.7 Å². The van der Waals surface area contributed by atoms with E-state index in [2.05, 4.69) is 5.32 Å². The van der Waals surface area contributed by atoms with Crippen molar-refractivity contribution in [1.29, 1.82) is 0 Å². The van der Waals surface area contributed by atoms with E-state index in [0.717, 1.165) is 37.9 Å². The molecule has 1 fully saturated rings. The minimum Gasteiger partial charge on any atom is -0.455 e. The van der Waals surface area contributed by atoms with Crippen molar-refractivity contribution in [1.82, 2.24) is 10.2 Å². The second-order valence-corrected chi connectivity index (χ2v) is 7.88. The number of rotatable bonds is 5. The minimum absolute atomic E-state index is 0.0615. The van der Waals surface area contributed by atoms with Crippen molar-refractivity contribution >= 4 is 22.8 Å². The van der Waals surface area contributed by atoms with Gasteiger partial charge in [-0.15, -0.1) is 0 Å². The first kappa shape index (κ1) is 20.8. The number of nitrogens with zero attached hydrogens (tertiary/aromatic N) is 1. The third-order valence-electron chi connectivity index (χ3n) is 5.76. The largest absolute Gasteiger partial charge is 0.455 e. The Hall–Kier alpha value is -3.41. The molecule has 6 heteroatoms. The molecule has 0 radical (unpaired) electrons. The molecule has 2 heterocycles. The normalized spacial score (nSPS) is 13.9. The lowest BCUT2D eigenvalue weighted by Gasteiger charge is -2.26. The molecule has 0 saturated carbocycles. The van der Waals surface area contributed by atoms with Gasteiger partial charge in [0.1, 0.15) is 5.76 Å². The van der Waals surface area contributed by atoms with Crippen LogP contribution in [0.25, 0.3) is 22.3 Å². The summed E-state index contributed by atoms with van der Waals surface area (Å²) >= 11 is 0. The fourth-order valence-corrected chi connectivity index (χ4v) is 4.03. The maximum absolute atomic E-state index is 12.9. The second-order valence-electron chi connectivity index (χ2n) is 7.88. The molecule has 31 heavy (non-hydrogen) atoms. The van der Waals surface area contributed by atoms with Gasteiger partial charge in [0.05, 0.1) is 10.9 Å². The third-order valence-corrected chi connectivity index (χ3v) is 5.76. The SMILES string of the molecule is Cc1c(-c2ccccc2)oc2c(C(=O)NCCC(=O)N3CCCCC3)cccc2c1=O. The molecule has 3 aromatic rings. The summed E-state index contributed by atoms with van der Waals surface area (Å²) in [6, 6.07) is 14.3. The zero-order valence-corrected chi connectivity index (χ0v) is 17.6. The summed E-state index contributed by atoms with van der Waals surface area (Å²) in [7, 11) is 0. The Morgan fingerprint density at radius 1 is 1.00 bits per heavy atom. The van der Waals surface area contributed by atoms with E-state index in [4.69, 9.17) is 4.42 Å². The van der Waals surface area contributed by atoms with Crippen LogP contribution in [0.2, 0.25) is 0 Å². The van der Waals surface area contributed by atoms with Gasteiger partial charge < -0.3 is 14.6 Å². The highest BCUT2D eigenvalue weighted by Gasteiger charge is 2.19. The first-order valence-electron chi connectivity index (χ1n) is 10.7. The third kappa shape index (κ3) is 4.38. The standard InChI is InChI=1S/C25H26N2O4/c1-17-22(29)19-11-8-12-20(24(19)31-23(17)18-9-4-2-5-10-18)25(30)26-14-13-21(28)27-15-6-3-7-16-27/h2,4-5,8-12H,3,6-7,13-16H2,1H3,(H,26,30). The van der Waals surface area contributed by atoms with Crippen molar-refractivity contribution in [3.05, 3.63) is 69.9 Å². The van der Waals surface area contributed by atoms with Crippen molar-refractivity contribution in [3.8, 4) is 11.3 Å². The summed E-state index contributed by atoms with van der Waals surface area (Å²) in [5, 5.41) is 3.18. The van der Waals surface area contributed by atoms with E-state index in [1.54, 1.807) is 25.1 Å². The predicted octanol–water partition coefficient (Wildman–Crippen LogP) is 3.90. The molecule has 0 aliphatic carbocycles. The van der Waals surface area contributed by atoms with E-state index in [9.17, 15) is 14.4 Å². The molecule has 1 aliphatic rings. The Morgan fingerprint density at radius 2 is 1.74 bits per heavy atom. The molecule has 2 amide bonds. The summed E-state index contributed by atoms with van der Waals surface area (Å²) in [4.78, 5) is 40.0. The molecule has 0 bridgehead atoms. The highest BCUT2D eigenvalue weighted by molar-refractivity contribution is 6.05. The van der Waals surface area contributed by atoms with Crippen LogP contribution in [0.15, 0.2) is 57.7 Å². The fourth-order valence-electron chi connectivity index (χ4n) is 4.03. The van der Waals surface area contributed by atoms with Gasteiger partial charge in [-0.1, -0.05) is 36.4 Å². The average Bonchev–Trinajstić information content (AvgIpc) is 2.82. The highest BCUT2D eigenvalue weighted by Crippen LogP contribution is 2.27. The average molecular weight is 418 g/mol. The van der Waals surface area contributed by atoms with Gasteiger partial charge in [-0.2, -0.15) is 0 Å². The fraction of sp³-hybridized carbons (Fsp3) is 0.320. The molecule has 0 spiro atoms. The van der Waals surface area contributed by atoms with Crippen LogP contribution in [-0.4, -0.2) is 36.3 Å². The first-order chi connectivity index (χ1) is 15.1. The summed E-state index contributed by atoms with van der Waals surface area (Å²) in [5.41, 5.74) is 1.67. The lowest BCUT2D eigenvalue weighted by atomic mass is 10.0. The lowest BCUT2D eigenvalue weighted by molar-refractivity contribution is -0.131. The van der Waals surface area contributed by atoms with E-state index in [1.165, 1.54) is 0 Å². The summed E-state index contributed by atoms with van der Waals surface area (Å²) < 4.78 is 6.10. The molecular weight excluding hydrogens is 392 g/mol. The smallest absolute Gasteiger partial charge is 0.255 e. The summed E-state index contributed by atoms with van der Waals surface area (Å²) in [6.45, 7) is 3.56. The molecule has 1 aromatic heterocycles. The summed E-state index contributed by atoms with van der Waals surface area (Å²) in [5.74, 6) is 0.160. The number of fused-ring (bicyclic) bond motifs is 1. The molecule has 1 aliphatic heterocycles. The number of hydrogen-bond acceptors (Lipinski definition) is 4. The van der Waals surface area contributed by atoms with Gasteiger partial charge in [0.25, 0.3) is 5.91 Å². The zero-order chi connectivity index (χ0) is 21.8. The first-order valence-corrected chi connectivity index (χ1v) is 10.7. The highest BCUT2D eigenvalue weighted by atomic mass is 16.3. The molecule has 2 aromatic carbocycles. The van der Waals surface area contributed by atoms with Gasteiger partial charge in [0, 0.05) is 37.2 Å². The van der Waals surface area contributed by atoms with Crippen LogP contribution in [0.4, 0.5) is 0 Å². The number of benzene rings is 2. The minimum atomic E-state index is -0.358. The number of nitrogens with one attached hydrogen (secondary N) is 1. The Morgan fingerprint density at radius 3 is 2.48 bits per heavy atom. The number of likely N-dealkylation sites (tertiary alicyclic amines) is 1. The Balaban J connectivity index is 1.57. The van der Waals surface area contributed by atoms with E-state index < -0.39 is 0 Å². The number of hydrogen-bond donors (Lipinski definition) is 1. The molecular formula is C25H26N2O4. The summed E-state index contributed by atoms with van der Waals surface area (Å²) in [6.07, 6.45) is 3.50. The molecule has 160 valence electrons. The molecule has 0 unspecified atom stereocenters. The molecule has 1 saturated heterocycles. The van der Waals surface area contributed by atoms with E-state index in [-0.39, 0.29) is 41.4 Å². The van der Waals surface area contributed by atoms with Gasteiger partial charge in [-0.05, 0) is 38.3 Å². The molecule has 1 N–H and O–H groups in total. The van der Waals surface area contributed by atoms with Gasteiger partial charge in [0.15, 0.2) is 11.0 Å². The number of para-hydroxylation sites is 1. The van der Waals surface area contributed by atoms with Crippen molar-refractivity contribution in [2.75, 3.05) is 19.6 Å². The molecule has 0 atom stereocenters. The maximum atomic E-state index is 12.9. The van der Waals surface area contributed by atoms with Crippen molar-refractivity contribution in [2.24, 2.45) is 0 Å². The van der Waals surface area contributed by atoms with Crippen LogP contribution >= 0.6 is 0 Å². The Bertz CT molecular complexity index is 1160. The number of carbonyl (C=O) groups is 2. The number of piperidine rings is 1. The van der Waals surface area contributed by atoms with E-state index in [1.807, 2.05) is 35.2 Å². The van der Waals surface area contributed by atoms with Gasteiger partial charge >= 0.3 is 0 Å². The number of carbonyl (C=O) groups excluding carboxylic acids is 2. The second kappa shape index (κ2) is 9.16. The topological polar surface area (TPSA) is 79.6 Å². The monoisotopic (exact) mass is 418 g/mol. The van der Waals surface area contributed by atoms with Crippen molar-refractivity contribution in [2.45, 2.75) is 32.6 Å². The van der Waals surface area contributed by atoms with Crippen LogP contribution in [-0.2, 0) is 4.79 Å². The van der Waals surface area contributed by atoms with Crippen LogP contribution < -0.4 is 10.7 Å². The number of amides is 2. The maximum Gasteiger partial charge on any atom is 0.255 e. The Labute approximate surface area is 180 Å². The van der Waals surface area contributed by atoms with Gasteiger partial charge in [-0.25, -0.2) is 0 Å². The van der Waals surface area contributed by atoms with Gasteiger partial charge in [-0.3, -0.25) is 14.4 Å². The van der Waals surface area contributed by atoms with Crippen LogP contribution in [0.5, 0.6) is 0 Å². The molecule has 4 rings (SSSR count). The quantitative estimate of drug-likeness (QED) is 0.682. The van der Waals surface area contributed by atoms with Crippen molar-refractivity contribution in [3.63, 3.8) is 0 Å². The predicted molar refractivity (Wildman–Crippen MR) is 120 cm³/mol.